The third-order valence-corrected chi connectivity index (χ3v) is 4.96. The van der Waals surface area contributed by atoms with E-state index in [1.807, 2.05) is 12.1 Å². The molecule has 2 aliphatic carbocycles. The van der Waals surface area contributed by atoms with Gasteiger partial charge in [-0.15, -0.1) is 0 Å². The van der Waals surface area contributed by atoms with Crippen molar-refractivity contribution in [1.82, 2.24) is 5.32 Å². The fourth-order valence-electron chi connectivity index (χ4n) is 3.95. The number of urea groups is 1. The van der Waals surface area contributed by atoms with Crippen LogP contribution < -0.4 is 16.4 Å². The predicted molar refractivity (Wildman–Crippen MR) is 81.4 cm³/mol. The smallest absolute Gasteiger partial charge is 0.319 e. The summed E-state index contributed by atoms with van der Waals surface area (Å²) in [5.74, 6) is 2.40. The summed E-state index contributed by atoms with van der Waals surface area (Å²) in [6.45, 7) is 2.13. The summed E-state index contributed by atoms with van der Waals surface area (Å²) >= 11 is 0. The van der Waals surface area contributed by atoms with E-state index in [-0.39, 0.29) is 12.1 Å². The van der Waals surface area contributed by atoms with Crippen LogP contribution in [-0.4, -0.2) is 12.1 Å². The molecule has 0 radical (unpaired) electrons. The highest BCUT2D eigenvalue weighted by atomic mass is 16.2. The fourth-order valence-corrected chi connectivity index (χ4v) is 3.95. The van der Waals surface area contributed by atoms with Crippen LogP contribution in [0.3, 0.4) is 0 Å². The molecule has 4 nitrogen and oxygen atoms in total. The number of hydrogen-bond acceptors (Lipinski definition) is 2. The molecule has 0 saturated heterocycles. The van der Waals surface area contributed by atoms with Gasteiger partial charge in [-0.25, -0.2) is 4.79 Å². The number of amides is 2. The average Bonchev–Trinajstić information content (AvgIpc) is 3.03. The van der Waals surface area contributed by atoms with E-state index in [1.165, 1.54) is 25.7 Å². The lowest BCUT2D eigenvalue weighted by atomic mass is 9.84. The molecule has 2 saturated carbocycles. The summed E-state index contributed by atoms with van der Waals surface area (Å²) in [6.07, 6.45) is 5.40. The van der Waals surface area contributed by atoms with Crippen molar-refractivity contribution in [3.63, 3.8) is 0 Å². The number of rotatable bonds is 3. The Labute approximate surface area is 120 Å². The van der Waals surface area contributed by atoms with Crippen LogP contribution in [0.5, 0.6) is 0 Å². The summed E-state index contributed by atoms with van der Waals surface area (Å²) in [5.41, 5.74) is 7.10. The van der Waals surface area contributed by atoms with Crippen molar-refractivity contribution in [2.45, 2.75) is 38.6 Å². The van der Waals surface area contributed by atoms with Gasteiger partial charge in [0.1, 0.15) is 0 Å². The normalized spacial score (nSPS) is 29.1. The molecule has 0 heterocycles. The first-order chi connectivity index (χ1) is 9.61. The summed E-state index contributed by atoms with van der Waals surface area (Å²) < 4.78 is 0. The van der Waals surface area contributed by atoms with E-state index < -0.39 is 0 Å². The van der Waals surface area contributed by atoms with Gasteiger partial charge in [-0.05, 0) is 68.2 Å². The molecule has 2 fully saturated rings. The van der Waals surface area contributed by atoms with Gasteiger partial charge in [0.2, 0.25) is 0 Å². The zero-order valence-corrected chi connectivity index (χ0v) is 11.9. The van der Waals surface area contributed by atoms with Crippen LogP contribution in [0.25, 0.3) is 0 Å². The number of hydrogen-bond donors (Lipinski definition) is 3. The van der Waals surface area contributed by atoms with Crippen molar-refractivity contribution in [3.8, 4) is 0 Å². The van der Waals surface area contributed by atoms with Crippen LogP contribution in [0.15, 0.2) is 24.3 Å². The molecule has 20 heavy (non-hydrogen) atoms. The molecule has 2 amide bonds. The van der Waals surface area contributed by atoms with Crippen LogP contribution in [0.2, 0.25) is 0 Å². The molecule has 1 aromatic rings. The molecule has 1 aromatic carbocycles. The Kier molecular flexibility index (Phi) is 3.55. The van der Waals surface area contributed by atoms with E-state index in [0.717, 1.165) is 17.5 Å². The minimum atomic E-state index is -0.120. The van der Waals surface area contributed by atoms with Gasteiger partial charge in [0.25, 0.3) is 0 Å². The van der Waals surface area contributed by atoms with Crippen molar-refractivity contribution in [2.24, 2.45) is 17.8 Å². The van der Waals surface area contributed by atoms with Crippen molar-refractivity contribution in [1.29, 1.82) is 0 Å². The van der Waals surface area contributed by atoms with Crippen molar-refractivity contribution in [2.75, 3.05) is 11.1 Å². The number of carbonyl (C=O) groups is 1. The second-order valence-electron chi connectivity index (χ2n) is 6.35. The van der Waals surface area contributed by atoms with E-state index in [4.69, 9.17) is 5.73 Å². The molecule has 108 valence electrons. The molecule has 4 heteroatoms. The lowest BCUT2D eigenvalue weighted by molar-refractivity contribution is 0.230. The Bertz CT molecular complexity index is 485. The van der Waals surface area contributed by atoms with Crippen LogP contribution in [-0.2, 0) is 0 Å². The Hall–Kier alpha value is -1.71. The van der Waals surface area contributed by atoms with Crippen LogP contribution in [0.4, 0.5) is 16.2 Å². The largest absolute Gasteiger partial charge is 0.399 e. The average molecular weight is 273 g/mol. The van der Waals surface area contributed by atoms with Crippen LogP contribution in [0.1, 0.15) is 32.6 Å². The van der Waals surface area contributed by atoms with E-state index in [2.05, 4.69) is 17.6 Å². The van der Waals surface area contributed by atoms with Gasteiger partial charge in [0, 0.05) is 17.4 Å². The van der Waals surface area contributed by atoms with Gasteiger partial charge < -0.3 is 16.4 Å². The molecule has 4 N–H and O–H groups in total. The molecular formula is C16H23N3O. The second-order valence-corrected chi connectivity index (χ2v) is 6.35. The van der Waals surface area contributed by atoms with E-state index in [1.54, 1.807) is 12.1 Å². The quantitative estimate of drug-likeness (QED) is 0.740. The third-order valence-electron chi connectivity index (χ3n) is 4.96. The summed E-state index contributed by atoms with van der Waals surface area (Å²) in [6, 6.07) is 7.34. The first-order valence-corrected chi connectivity index (χ1v) is 7.55. The summed E-state index contributed by atoms with van der Waals surface area (Å²) in [5, 5.41) is 5.95. The predicted octanol–water partition coefficient (Wildman–Crippen LogP) is 3.22. The van der Waals surface area contributed by atoms with Gasteiger partial charge >= 0.3 is 6.03 Å². The molecule has 2 aliphatic rings. The van der Waals surface area contributed by atoms with Crippen LogP contribution in [0, 0.1) is 17.8 Å². The maximum atomic E-state index is 12.0. The lowest BCUT2D eigenvalue weighted by Crippen LogP contribution is -2.42. The number of nitrogens with one attached hydrogen (secondary N) is 2. The Morgan fingerprint density at radius 3 is 2.60 bits per heavy atom. The molecule has 0 aromatic heterocycles. The molecule has 4 unspecified atom stereocenters. The van der Waals surface area contributed by atoms with Gasteiger partial charge in [-0.2, -0.15) is 0 Å². The van der Waals surface area contributed by atoms with Gasteiger partial charge in [-0.3, -0.25) is 0 Å². The molecule has 3 rings (SSSR count). The zero-order valence-electron chi connectivity index (χ0n) is 11.9. The summed E-state index contributed by atoms with van der Waals surface area (Å²) in [4.78, 5) is 12.0. The molecule has 4 atom stereocenters. The molecule has 2 bridgehead atoms. The number of anilines is 2. The highest BCUT2D eigenvalue weighted by molar-refractivity contribution is 5.89. The van der Waals surface area contributed by atoms with Crippen molar-refractivity contribution in [3.05, 3.63) is 24.3 Å². The summed E-state index contributed by atoms with van der Waals surface area (Å²) in [7, 11) is 0. The van der Waals surface area contributed by atoms with Gasteiger partial charge in [-0.1, -0.05) is 6.42 Å². The number of nitrogen functional groups attached to an aromatic ring is 1. The minimum absolute atomic E-state index is 0.120. The zero-order chi connectivity index (χ0) is 14.1. The topological polar surface area (TPSA) is 67.2 Å². The van der Waals surface area contributed by atoms with Crippen molar-refractivity contribution < 1.29 is 4.79 Å². The molecule has 0 spiro atoms. The van der Waals surface area contributed by atoms with E-state index in [9.17, 15) is 4.79 Å². The fraction of sp³-hybridized carbons (Fsp3) is 0.562. The van der Waals surface area contributed by atoms with Crippen molar-refractivity contribution >= 4 is 17.4 Å². The number of nitrogens with two attached hydrogens (primary N) is 1. The third kappa shape index (κ3) is 2.74. The highest BCUT2D eigenvalue weighted by Crippen LogP contribution is 2.49. The van der Waals surface area contributed by atoms with E-state index in [0.29, 0.717) is 11.6 Å². The van der Waals surface area contributed by atoms with Crippen LogP contribution >= 0.6 is 0 Å². The standard InChI is InChI=1S/C16H23N3O/c1-10(15-9-11-2-3-12(15)8-11)18-16(20)19-14-6-4-13(17)5-7-14/h4-7,10-12,15H,2-3,8-9,17H2,1H3,(H2,18,19,20). The van der Waals surface area contributed by atoms with Gasteiger partial charge in [0.05, 0.1) is 0 Å². The Morgan fingerprint density at radius 1 is 1.25 bits per heavy atom. The van der Waals surface area contributed by atoms with Gasteiger partial charge in [0.15, 0.2) is 0 Å². The maximum Gasteiger partial charge on any atom is 0.319 e. The number of benzene rings is 1. The first kappa shape index (κ1) is 13.3. The maximum absolute atomic E-state index is 12.0. The highest BCUT2D eigenvalue weighted by Gasteiger charge is 2.42. The van der Waals surface area contributed by atoms with E-state index >= 15 is 0 Å². The Morgan fingerprint density at radius 2 is 2.00 bits per heavy atom. The monoisotopic (exact) mass is 273 g/mol. The molecular weight excluding hydrogens is 250 g/mol. The first-order valence-electron chi connectivity index (χ1n) is 7.55. The number of fused-ring (bicyclic) bond motifs is 2. The SMILES string of the molecule is CC(NC(=O)Nc1ccc(N)cc1)C1CC2CCC1C2. The Balaban J connectivity index is 1.52. The molecule has 0 aliphatic heterocycles. The lowest BCUT2D eigenvalue weighted by Gasteiger charge is -2.28. The number of carbonyl (C=O) groups excluding carboxylic acids is 1. The second kappa shape index (κ2) is 5.35. The minimum Gasteiger partial charge on any atom is -0.399 e.